The van der Waals surface area contributed by atoms with E-state index < -0.39 is 59.7 Å². The average Bonchev–Trinajstić information content (AvgIpc) is 3.67. The zero-order valence-corrected chi connectivity index (χ0v) is 34.1. The van der Waals surface area contributed by atoms with Crippen LogP contribution in [0.15, 0.2) is 60.0 Å². The molecule has 0 saturated heterocycles. The average molecular weight is 808 g/mol. The molecule has 0 radical (unpaired) electrons. The highest BCUT2D eigenvalue weighted by Gasteiger charge is 2.31. The summed E-state index contributed by atoms with van der Waals surface area (Å²) in [4.78, 5) is 88.0. The number of hydrogen-bond acceptors (Lipinski definition) is 10. The maximum absolute atomic E-state index is 14.1. The van der Waals surface area contributed by atoms with Crippen molar-refractivity contribution in [2.75, 3.05) is 25.1 Å². The van der Waals surface area contributed by atoms with Crippen molar-refractivity contribution in [3.63, 3.8) is 0 Å². The van der Waals surface area contributed by atoms with E-state index >= 15 is 0 Å². The van der Waals surface area contributed by atoms with Gasteiger partial charge in [0, 0.05) is 18.3 Å². The lowest BCUT2D eigenvalue weighted by Gasteiger charge is -2.31. The Morgan fingerprint density at radius 3 is 2.25 bits per heavy atom. The summed E-state index contributed by atoms with van der Waals surface area (Å²) in [6.07, 6.45) is 3.12. The molecule has 2 aromatic carbocycles. The molecule has 0 spiro atoms. The normalized spacial score (nSPS) is 21.9. The smallest absolute Gasteiger partial charge is 0.271 e. The van der Waals surface area contributed by atoms with Gasteiger partial charge in [0.25, 0.3) is 5.91 Å². The van der Waals surface area contributed by atoms with Gasteiger partial charge in [0.1, 0.15) is 34.6 Å². The van der Waals surface area contributed by atoms with Crippen molar-refractivity contribution in [1.29, 1.82) is 0 Å². The third kappa shape index (κ3) is 13.1. The number of aromatic hydroxyl groups is 1. The molecular formula is C40H53N7O7S2. The number of carbonyl (C=O) groups excluding carboxylic acids is 6. The Morgan fingerprint density at radius 1 is 0.911 bits per heavy atom. The molecule has 0 unspecified atom stereocenters. The van der Waals surface area contributed by atoms with Crippen LogP contribution in [0.25, 0.3) is 0 Å². The van der Waals surface area contributed by atoms with Gasteiger partial charge in [-0.25, -0.2) is 4.98 Å². The van der Waals surface area contributed by atoms with E-state index in [0.29, 0.717) is 23.6 Å². The number of aromatic nitrogens is 1. The molecule has 56 heavy (non-hydrogen) atoms. The standard InChI is InChI=1S/C40H53N7O7S2/c1-6-30-37(52)44-31(18-19-55-5)38(53)42-28(20-27-10-8-7-9-11-27)21-47(34(50)17-14-26-12-15-29(48)16-13-26)22-33(49)46-35(24(2)3)40-45-32(23-56-40)39(54)41-25(4)36(51)43-30/h7-13,15-16,23-25,28,30-31,35,48H,6,14,17-22H2,1-5H3,(H,41,54)(H,42,53)(H,43,51)(H,44,52)(H,46,49)/t25-,28+,30+,31+,35+/m1/s1. The summed E-state index contributed by atoms with van der Waals surface area (Å²) in [5.41, 5.74) is 1.78. The van der Waals surface area contributed by atoms with Crippen molar-refractivity contribution < 1.29 is 33.9 Å². The number of fused-ring (bicyclic) bond motifs is 2. The van der Waals surface area contributed by atoms with E-state index in [1.165, 1.54) is 34.9 Å². The van der Waals surface area contributed by atoms with Crippen LogP contribution in [0, 0.1) is 5.92 Å². The second kappa shape index (κ2) is 21.4. The van der Waals surface area contributed by atoms with Gasteiger partial charge < -0.3 is 36.6 Å². The van der Waals surface area contributed by atoms with Gasteiger partial charge in [0.2, 0.25) is 29.5 Å². The van der Waals surface area contributed by atoms with Gasteiger partial charge >= 0.3 is 0 Å². The first-order chi connectivity index (χ1) is 26.8. The molecule has 1 aliphatic heterocycles. The van der Waals surface area contributed by atoms with E-state index in [-0.39, 0.29) is 55.6 Å². The summed E-state index contributed by atoms with van der Waals surface area (Å²) >= 11 is 2.69. The van der Waals surface area contributed by atoms with Gasteiger partial charge in [-0.15, -0.1) is 11.3 Å². The highest BCUT2D eigenvalue weighted by atomic mass is 32.2. The lowest BCUT2D eigenvalue weighted by Crippen LogP contribution is -2.58. The fourth-order valence-electron chi connectivity index (χ4n) is 6.16. The Bertz CT molecular complexity index is 1810. The Hall–Kier alpha value is -4.96. The first-order valence-electron chi connectivity index (χ1n) is 18.8. The molecule has 4 rings (SSSR count). The summed E-state index contributed by atoms with van der Waals surface area (Å²) < 4.78 is 0. The Labute approximate surface area is 336 Å². The molecule has 3 aromatic rings. The number of nitrogens with zero attached hydrogens (tertiary/aromatic N) is 2. The molecule has 5 atom stereocenters. The molecule has 0 aliphatic carbocycles. The molecule has 1 aliphatic rings. The molecule has 14 nitrogen and oxygen atoms in total. The second-order valence-corrected chi connectivity index (χ2v) is 16.1. The number of carbonyl (C=O) groups is 6. The number of phenols is 1. The van der Waals surface area contributed by atoms with Gasteiger partial charge in [-0.2, -0.15) is 11.8 Å². The van der Waals surface area contributed by atoms with E-state index in [2.05, 4.69) is 31.6 Å². The molecule has 0 fully saturated rings. The van der Waals surface area contributed by atoms with Gasteiger partial charge in [-0.1, -0.05) is 63.2 Å². The van der Waals surface area contributed by atoms with Crippen molar-refractivity contribution in [3.05, 3.63) is 81.8 Å². The third-order valence-electron chi connectivity index (χ3n) is 9.39. The molecule has 0 saturated carbocycles. The number of aryl methyl sites for hydroxylation is 1. The minimum absolute atomic E-state index is 0.0227. The minimum Gasteiger partial charge on any atom is -0.508 e. The minimum atomic E-state index is -1.02. The molecule has 1 aromatic heterocycles. The van der Waals surface area contributed by atoms with Crippen LogP contribution in [0.2, 0.25) is 0 Å². The van der Waals surface area contributed by atoms with Crippen LogP contribution >= 0.6 is 23.1 Å². The van der Waals surface area contributed by atoms with Crippen LogP contribution in [0.1, 0.15) is 79.6 Å². The molecule has 6 N–H and O–H groups in total. The molecule has 16 heteroatoms. The van der Waals surface area contributed by atoms with Gasteiger partial charge in [0.05, 0.1) is 18.6 Å². The Balaban J connectivity index is 1.73. The predicted molar refractivity (Wildman–Crippen MR) is 217 cm³/mol. The first-order valence-corrected chi connectivity index (χ1v) is 21.1. The second-order valence-electron chi connectivity index (χ2n) is 14.2. The lowest BCUT2D eigenvalue weighted by atomic mass is 10.0. The van der Waals surface area contributed by atoms with Crippen LogP contribution in [-0.2, 0) is 36.8 Å². The van der Waals surface area contributed by atoms with Crippen LogP contribution in [-0.4, -0.2) is 99.7 Å². The van der Waals surface area contributed by atoms with Gasteiger partial charge in [-0.05, 0) is 73.8 Å². The third-order valence-corrected chi connectivity index (χ3v) is 11.0. The van der Waals surface area contributed by atoms with E-state index in [9.17, 15) is 33.9 Å². The number of thiazole rings is 1. The number of hydrogen-bond donors (Lipinski definition) is 6. The zero-order chi connectivity index (χ0) is 40.8. The summed E-state index contributed by atoms with van der Waals surface area (Å²) in [7, 11) is 0. The fourth-order valence-corrected chi connectivity index (χ4v) is 7.65. The summed E-state index contributed by atoms with van der Waals surface area (Å²) in [5, 5.41) is 26.0. The number of amides is 6. The van der Waals surface area contributed by atoms with E-state index in [1.807, 2.05) is 50.4 Å². The fraction of sp³-hybridized carbons (Fsp3) is 0.475. The van der Waals surface area contributed by atoms with E-state index in [1.54, 1.807) is 36.6 Å². The quantitative estimate of drug-likeness (QED) is 0.178. The van der Waals surface area contributed by atoms with Crippen LogP contribution in [0.5, 0.6) is 5.75 Å². The van der Waals surface area contributed by atoms with E-state index in [4.69, 9.17) is 0 Å². The molecule has 2 heterocycles. The van der Waals surface area contributed by atoms with Crippen molar-refractivity contribution in [3.8, 4) is 5.75 Å². The zero-order valence-electron chi connectivity index (χ0n) is 32.5. The summed E-state index contributed by atoms with van der Waals surface area (Å²) in [6.45, 7) is 6.68. The summed E-state index contributed by atoms with van der Waals surface area (Å²) in [6, 6.07) is 11.7. The first kappa shape index (κ1) is 43.8. The van der Waals surface area contributed by atoms with Gasteiger partial charge in [-0.3, -0.25) is 28.8 Å². The summed E-state index contributed by atoms with van der Waals surface area (Å²) in [5.74, 6) is -2.49. The van der Waals surface area contributed by atoms with Crippen LogP contribution in [0.3, 0.4) is 0 Å². The maximum Gasteiger partial charge on any atom is 0.271 e. The number of phenolic OH excluding ortho intramolecular Hbond substituents is 1. The topological polar surface area (TPSA) is 199 Å². The highest BCUT2D eigenvalue weighted by molar-refractivity contribution is 7.98. The Kier molecular flexibility index (Phi) is 16.7. The predicted octanol–water partition coefficient (Wildman–Crippen LogP) is 3.12. The maximum atomic E-state index is 14.1. The van der Waals surface area contributed by atoms with Crippen LogP contribution in [0.4, 0.5) is 0 Å². The van der Waals surface area contributed by atoms with Crippen molar-refractivity contribution >= 4 is 58.5 Å². The largest absolute Gasteiger partial charge is 0.508 e. The number of thioether (sulfide) groups is 1. The monoisotopic (exact) mass is 807 g/mol. The molecule has 6 amide bonds. The molecule has 302 valence electrons. The Morgan fingerprint density at radius 2 is 1.59 bits per heavy atom. The number of rotatable bonds is 10. The van der Waals surface area contributed by atoms with Crippen molar-refractivity contribution in [2.45, 2.75) is 90.0 Å². The lowest BCUT2D eigenvalue weighted by molar-refractivity contribution is -0.137. The van der Waals surface area contributed by atoms with E-state index in [0.717, 1.165) is 11.1 Å². The number of nitrogens with one attached hydrogen (secondary N) is 5. The number of benzene rings is 2. The highest BCUT2D eigenvalue weighted by Crippen LogP contribution is 2.25. The van der Waals surface area contributed by atoms with Crippen LogP contribution < -0.4 is 26.6 Å². The van der Waals surface area contributed by atoms with Gasteiger partial charge in [0.15, 0.2) is 0 Å². The van der Waals surface area contributed by atoms with Crippen molar-refractivity contribution in [2.24, 2.45) is 5.92 Å². The van der Waals surface area contributed by atoms with Crippen molar-refractivity contribution in [1.82, 2.24) is 36.5 Å². The molecule has 2 bridgehead atoms. The SMILES string of the molecule is CC[C@@H]1NC(=O)[C@@H](C)NC(=O)c2csc(n2)[C@H](C(C)C)NC(=O)CN(C(=O)CCc2ccc(O)cc2)C[C@H](Cc2ccccc2)NC(=O)[C@H](CCSC)NC1=O. The molecular weight excluding hydrogens is 755 g/mol.